The van der Waals surface area contributed by atoms with Gasteiger partial charge in [-0.3, -0.25) is 19.2 Å². The van der Waals surface area contributed by atoms with Crippen LogP contribution in [0.4, 0.5) is 0 Å². The molecule has 0 aromatic heterocycles. The molecule has 9 atom stereocenters. The number of esters is 4. The minimum Gasteiger partial charge on any atom is -0.459 e. The summed E-state index contributed by atoms with van der Waals surface area (Å²) in [6.45, 7) is 11.7. The van der Waals surface area contributed by atoms with E-state index in [1.165, 1.54) is 19.1 Å². The Morgan fingerprint density at radius 3 is 2.00 bits per heavy atom. The summed E-state index contributed by atoms with van der Waals surface area (Å²) in [4.78, 5) is 66.0. The van der Waals surface area contributed by atoms with Crippen molar-refractivity contribution in [1.82, 2.24) is 0 Å². The molecule has 0 aliphatic heterocycles. The van der Waals surface area contributed by atoms with Gasteiger partial charge in [0.25, 0.3) is 0 Å². The van der Waals surface area contributed by atoms with Gasteiger partial charge in [0.05, 0.1) is 17.6 Å². The zero-order valence-electron chi connectivity index (χ0n) is 26.4. The Labute approximate surface area is 256 Å². The molecule has 1 aromatic rings. The minimum absolute atomic E-state index is 0.0743. The molecule has 11 nitrogen and oxygen atoms in total. The lowest BCUT2D eigenvalue weighted by molar-refractivity contribution is -0.249. The van der Waals surface area contributed by atoms with E-state index in [0.29, 0.717) is 5.57 Å². The van der Waals surface area contributed by atoms with E-state index in [9.17, 15) is 34.2 Å². The van der Waals surface area contributed by atoms with Crippen molar-refractivity contribution in [3.05, 3.63) is 47.0 Å². The number of rotatable bonds is 5. The molecule has 3 aliphatic rings. The molecule has 240 valence electrons. The molecule has 0 radical (unpaired) electrons. The van der Waals surface area contributed by atoms with Crippen LogP contribution in [0.25, 0.3) is 0 Å². The molecule has 4 rings (SSSR count). The highest BCUT2D eigenvalue weighted by atomic mass is 16.6. The summed E-state index contributed by atoms with van der Waals surface area (Å²) in [5.41, 5.74) is -4.39. The van der Waals surface area contributed by atoms with E-state index in [1.54, 1.807) is 52.8 Å². The molecule has 3 aliphatic carbocycles. The smallest absolute Gasteiger partial charge is 0.338 e. The lowest BCUT2D eigenvalue weighted by Gasteiger charge is -2.62. The van der Waals surface area contributed by atoms with E-state index in [4.69, 9.17) is 18.9 Å². The Hall–Kier alpha value is -3.57. The summed E-state index contributed by atoms with van der Waals surface area (Å²) in [5, 5.41) is 24.2. The third-order valence-electron chi connectivity index (χ3n) is 10.2. The number of Topliss-reactive ketones (excluding diaryl/α,β-unsaturated/α-hetero) is 1. The van der Waals surface area contributed by atoms with E-state index in [2.05, 4.69) is 0 Å². The highest BCUT2D eigenvalue weighted by Gasteiger charge is 2.71. The van der Waals surface area contributed by atoms with E-state index in [0.717, 1.165) is 13.8 Å². The second-order valence-corrected chi connectivity index (χ2v) is 13.1. The molecule has 0 amide bonds. The van der Waals surface area contributed by atoms with Crippen molar-refractivity contribution in [3.8, 4) is 0 Å². The fraction of sp³-hybridized carbons (Fsp3) is 0.606. The molecule has 44 heavy (non-hydrogen) atoms. The zero-order valence-corrected chi connectivity index (χ0v) is 26.4. The second kappa shape index (κ2) is 11.7. The van der Waals surface area contributed by atoms with E-state index < -0.39 is 88.4 Å². The zero-order chi connectivity index (χ0) is 32.9. The van der Waals surface area contributed by atoms with E-state index in [-0.39, 0.29) is 24.0 Å². The Kier molecular flexibility index (Phi) is 8.89. The van der Waals surface area contributed by atoms with Crippen LogP contribution in [0.2, 0.25) is 0 Å². The monoisotopic (exact) mass is 614 g/mol. The van der Waals surface area contributed by atoms with Crippen molar-refractivity contribution in [2.75, 3.05) is 0 Å². The number of ether oxygens (including phenoxy) is 4. The van der Waals surface area contributed by atoms with Crippen LogP contribution < -0.4 is 0 Å². The first kappa shape index (κ1) is 33.3. The van der Waals surface area contributed by atoms with Gasteiger partial charge in [0.15, 0.2) is 11.9 Å². The van der Waals surface area contributed by atoms with Crippen LogP contribution in [0.5, 0.6) is 0 Å². The summed E-state index contributed by atoms with van der Waals surface area (Å²) < 4.78 is 23.4. The van der Waals surface area contributed by atoms with Crippen molar-refractivity contribution in [2.24, 2.45) is 22.7 Å². The lowest BCUT2D eigenvalue weighted by Crippen LogP contribution is -2.73. The maximum absolute atomic E-state index is 14.9. The van der Waals surface area contributed by atoms with Crippen LogP contribution in [0.3, 0.4) is 0 Å². The summed E-state index contributed by atoms with van der Waals surface area (Å²) in [6, 6.07) is 8.05. The highest BCUT2D eigenvalue weighted by molar-refractivity contribution is 5.95. The molecule has 2 saturated carbocycles. The quantitative estimate of drug-likeness (QED) is 0.285. The molecule has 0 spiro atoms. The number of benzene rings is 1. The van der Waals surface area contributed by atoms with Crippen molar-refractivity contribution in [2.45, 2.75) is 104 Å². The molecule has 0 heterocycles. The van der Waals surface area contributed by atoms with Gasteiger partial charge in [-0.25, -0.2) is 4.79 Å². The Bertz CT molecular complexity index is 1380. The van der Waals surface area contributed by atoms with Gasteiger partial charge in [0, 0.05) is 38.0 Å². The third kappa shape index (κ3) is 5.34. The van der Waals surface area contributed by atoms with Crippen molar-refractivity contribution >= 4 is 29.7 Å². The van der Waals surface area contributed by atoms with Gasteiger partial charge < -0.3 is 29.2 Å². The molecule has 1 aromatic carbocycles. The van der Waals surface area contributed by atoms with Gasteiger partial charge in [0.1, 0.15) is 23.9 Å². The fourth-order valence-electron chi connectivity index (χ4n) is 7.72. The van der Waals surface area contributed by atoms with Gasteiger partial charge in [-0.05, 0) is 42.5 Å². The van der Waals surface area contributed by atoms with Crippen LogP contribution in [0.1, 0.15) is 78.6 Å². The molecular weight excluding hydrogens is 572 g/mol. The number of aliphatic hydroxyl groups excluding tert-OH is 1. The van der Waals surface area contributed by atoms with E-state index >= 15 is 0 Å². The topological polar surface area (TPSA) is 163 Å². The summed E-state index contributed by atoms with van der Waals surface area (Å²) in [7, 11) is 0. The van der Waals surface area contributed by atoms with Crippen molar-refractivity contribution in [1.29, 1.82) is 0 Å². The average molecular weight is 615 g/mol. The number of hydrogen-bond acceptors (Lipinski definition) is 11. The molecule has 2 N–H and O–H groups in total. The molecular formula is C33H42O11. The first-order valence-electron chi connectivity index (χ1n) is 14.8. The predicted octanol–water partition coefficient (Wildman–Crippen LogP) is 3.09. The maximum atomic E-state index is 14.9. The van der Waals surface area contributed by atoms with Crippen molar-refractivity contribution < 1.29 is 53.1 Å². The largest absolute Gasteiger partial charge is 0.459 e. The van der Waals surface area contributed by atoms with Crippen LogP contribution in [-0.4, -0.2) is 76.0 Å². The van der Waals surface area contributed by atoms with Crippen LogP contribution in [0.15, 0.2) is 41.5 Å². The molecule has 2 bridgehead atoms. The Morgan fingerprint density at radius 2 is 1.45 bits per heavy atom. The first-order valence-corrected chi connectivity index (χ1v) is 14.8. The van der Waals surface area contributed by atoms with Crippen LogP contribution in [0, 0.1) is 22.7 Å². The SMILES string of the molecule is CC(=O)OC1C2[C@H](OC(=O)c3ccccc3)[C@]3(O)C[C@H](O)C(C)=C([C@@H](OC(C)=O)C(=O)[C@]2(C)C(C)C[C@@H]1OC(C)=O)C3(C)C. The Balaban J connectivity index is 2.09. The number of carbonyl (C=O) groups excluding carboxylic acids is 5. The first-order chi connectivity index (χ1) is 20.4. The Morgan fingerprint density at radius 1 is 0.886 bits per heavy atom. The number of aliphatic hydroxyl groups is 2. The standard InChI is InChI=1S/C33H42O11/c1-16-14-23(41-18(3)34)26(42-19(4)35)25-29(44-30(39)21-12-10-9-11-13-21)33(40)15-22(37)17(2)24(31(33,6)7)27(43-20(5)36)28(38)32(16,25)8/h9-13,16,22-23,25-27,29,37,40H,14-15H2,1-8H3/t16?,22-,23-,25?,26?,27+,29-,32+,33+/m0/s1. The van der Waals surface area contributed by atoms with Crippen molar-refractivity contribution in [3.63, 3.8) is 0 Å². The second-order valence-electron chi connectivity index (χ2n) is 13.1. The fourth-order valence-corrected chi connectivity index (χ4v) is 7.72. The van der Waals surface area contributed by atoms with Gasteiger partial charge in [-0.2, -0.15) is 0 Å². The number of hydrogen-bond donors (Lipinski definition) is 2. The number of carbonyl (C=O) groups is 5. The van der Waals surface area contributed by atoms with E-state index in [1.807, 2.05) is 0 Å². The molecule has 2 fully saturated rings. The number of ketones is 1. The highest BCUT2D eigenvalue weighted by Crippen LogP contribution is 2.61. The minimum atomic E-state index is -2.10. The molecule has 0 saturated heterocycles. The van der Waals surface area contributed by atoms with Gasteiger partial charge in [-0.15, -0.1) is 0 Å². The summed E-state index contributed by atoms with van der Waals surface area (Å²) in [5.74, 6) is -5.51. The molecule has 11 heteroatoms. The normalized spacial score (nSPS) is 36.2. The summed E-state index contributed by atoms with van der Waals surface area (Å²) >= 11 is 0. The predicted molar refractivity (Wildman–Crippen MR) is 155 cm³/mol. The number of fused-ring (bicyclic) bond motifs is 3. The summed E-state index contributed by atoms with van der Waals surface area (Å²) in [6.07, 6.45) is -7.10. The van der Waals surface area contributed by atoms with Crippen LogP contribution in [-0.2, 0) is 38.1 Å². The third-order valence-corrected chi connectivity index (χ3v) is 10.2. The maximum Gasteiger partial charge on any atom is 0.338 e. The average Bonchev–Trinajstić information content (AvgIpc) is 2.92. The van der Waals surface area contributed by atoms with Crippen LogP contribution >= 0.6 is 0 Å². The van der Waals surface area contributed by atoms with Gasteiger partial charge >= 0.3 is 23.9 Å². The molecule has 3 unspecified atom stereocenters. The van der Waals surface area contributed by atoms with Gasteiger partial charge in [0.2, 0.25) is 0 Å². The van der Waals surface area contributed by atoms with Gasteiger partial charge in [-0.1, -0.05) is 45.9 Å². The lowest BCUT2D eigenvalue weighted by atomic mass is 9.46.